The van der Waals surface area contributed by atoms with E-state index in [0.717, 1.165) is 16.2 Å². The van der Waals surface area contributed by atoms with E-state index in [9.17, 15) is 16.8 Å². The Labute approximate surface area is 145 Å². The zero-order chi connectivity index (χ0) is 17.4. The zero-order valence-corrected chi connectivity index (χ0v) is 15.0. The van der Waals surface area contributed by atoms with Gasteiger partial charge in [0.05, 0.1) is 9.79 Å². The van der Waals surface area contributed by atoms with E-state index >= 15 is 0 Å². The number of sulfonamides is 2. The first-order valence-electron chi connectivity index (χ1n) is 7.14. The van der Waals surface area contributed by atoms with Crippen molar-refractivity contribution in [1.29, 1.82) is 0 Å². The van der Waals surface area contributed by atoms with Gasteiger partial charge in [0, 0.05) is 10.9 Å². The molecule has 0 saturated carbocycles. The van der Waals surface area contributed by atoms with Crippen LogP contribution in [0.15, 0.2) is 63.2 Å². The van der Waals surface area contributed by atoms with Gasteiger partial charge in [-0.25, -0.2) is 26.7 Å². The Morgan fingerprint density at radius 1 is 0.958 bits per heavy atom. The highest BCUT2D eigenvalue weighted by Crippen LogP contribution is 2.36. The first kappa shape index (κ1) is 17.4. The normalized spacial score (nSPS) is 18.1. The van der Waals surface area contributed by atoms with E-state index in [1.165, 1.54) is 24.3 Å². The molecule has 1 aliphatic heterocycles. The van der Waals surface area contributed by atoms with E-state index in [1.54, 1.807) is 11.8 Å². The van der Waals surface area contributed by atoms with Gasteiger partial charge in [-0.1, -0.05) is 18.2 Å². The molecule has 9 heteroatoms. The van der Waals surface area contributed by atoms with Crippen LogP contribution in [0.5, 0.6) is 0 Å². The molecule has 0 saturated heterocycles. The van der Waals surface area contributed by atoms with Crippen molar-refractivity contribution in [3.05, 3.63) is 54.1 Å². The molecule has 0 aliphatic carbocycles. The number of primary sulfonamides is 1. The standard InChI is InChI=1S/C15H16N2O4S3/c16-23(18,19)11-5-7-12(8-6-11)24(20,21)17-14-9-10-22-15-4-2-1-3-13(14)15/h1-8,14,17H,9-10H2,(H2,16,18,19)/t14-/m1/s1. The molecule has 2 aromatic carbocycles. The molecule has 3 N–H and O–H groups in total. The molecule has 1 atom stereocenters. The number of fused-ring (bicyclic) bond motifs is 1. The van der Waals surface area contributed by atoms with Crippen LogP contribution in [0, 0.1) is 0 Å². The quantitative estimate of drug-likeness (QED) is 0.837. The summed E-state index contributed by atoms with van der Waals surface area (Å²) in [5.41, 5.74) is 0.957. The summed E-state index contributed by atoms with van der Waals surface area (Å²) in [6.07, 6.45) is 0.691. The highest BCUT2D eigenvalue weighted by molar-refractivity contribution is 7.99. The van der Waals surface area contributed by atoms with Crippen LogP contribution in [0.4, 0.5) is 0 Å². The van der Waals surface area contributed by atoms with Crippen molar-refractivity contribution in [3.8, 4) is 0 Å². The minimum Gasteiger partial charge on any atom is -0.225 e. The maximum atomic E-state index is 12.6. The van der Waals surface area contributed by atoms with Crippen molar-refractivity contribution in [3.63, 3.8) is 0 Å². The van der Waals surface area contributed by atoms with Gasteiger partial charge in [-0.15, -0.1) is 11.8 Å². The predicted octanol–water partition coefficient (Wildman–Crippen LogP) is 1.85. The van der Waals surface area contributed by atoms with Crippen LogP contribution in [0.1, 0.15) is 18.0 Å². The van der Waals surface area contributed by atoms with Gasteiger partial charge in [-0.2, -0.15) is 0 Å². The fourth-order valence-corrected chi connectivity index (χ4v) is 5.42. The summed E-state index contributed by atoms with van der Waals surface area (Å²) in [5.74, 6) is 0.828. The molecule has 0 fully saturated rings. The third-order valence-electron chi connectivity index (χ3n) is 3.72. The van der Waals surface area contributed by atoms with Crippen LogP contribution in [-0.4, -0.2) is 22.6 Å². The van der Waals surface area contributed by atoms with Gasteiger partial charge in [0.2, 0.25) is 20.0 Å². The lowest BCUT2D eigenvalue weighted by Gasteiger charge is -2.25. The fourth-order valence-electron chi connectivity index (χ4n) is 2.53. The van der Waals surface area contributed by atoms with E-state index in [2.05, 4.69) is 4.72 Å². The first-order valence-corrected chi connectivity index (χ1v) is 11.2. The Kier molecular flexibility index (Phi) is 4.71. The number of thioether (sulfide) groups is 1. The SMILES string of the molecule is NS(=O)(=O)c1ccc(S(=O)(=O)N[C@@H]2CCSc3ccccc32)cc1. The molecular weight excluding hydrogens is 368 g/mol. The van der Waals surface area contributed by atoms with Crippen molar-refractivity contribution < 1.29 is 16.8 Å². The lowest BCUT2D eigenvalue weighted by molar-refractivity contribution is 0.545. The minimum absolute atomic E-state index is 0.00519. The summed E-state index contributed by atoms with van der Waals surface area (Å²) in [6.45, 7) is 0. The molecule has 24 heavy (non-hydrogen) atoms. The number of rotatable bonds is 4. The van der Waals surface area contributed by atoms with E-state index < -0.39 is 20.0 Å². The van der Waals surface area contributed by atoms with Gasteiger partial charge >= 0.3 is 0 Å². The lowest BCUT2D eigenvalue weighted by atomic mass is 10.1. The Balaban J connectivity index is 1.87. The Morgan fingerprint density at radius 3 is 2.25 bits per heavy atom. The third-order valence-corrected chi connectivity index (χ3v) is 7.26. The van der Waals surface area contributed by atoms with Gasteiger partial charge in [0.15, 0.2) is 0 Å². The van der Waals surface area contributed by atoms with Crippen LogP contribution >= 0.6 is 11.8 Å². The summed E-state index contributed by atoms with van der Waals surface area (Å²) >= 11 is 1.70. The molecule has 1 heterocycles. The summed E-state index contributed by atoms with van der Waals surface area (Å²) in [6, 6.07) is 12.3. The van der Waals surface area contributed by atoms with Gasteiger partial charge in [-0.05, 0) is 48.1 Å². The number of nitrogens with one attached hydrogen (secondary N) is 1. The van der Waals surface area contributed by atoms with Crippen molar-refractivity contribution in [2.45, 2.75) is 27.1 Å². The number of benzene rings is 2. The summed E-state index contributed by atoms with van der Waals surface area (Å²) in [4.78, 5) is 0.951. The van der Waals surface area contributed by atoms with Gasteiger partial charge < -0.3 is 0 Å². The topological polar surface area (TPSA) is 106 Å². The van der Waals surface area contributed by atoms with Crippen LogP contribution in [0.25, 0.3) is 0 Å². The second kappa shape index (κ2) is 6.49. The zero-order valence-electron chi connectivity index (χ0n) is 12.5. The molecule has 3 rings (SSSR count). The van der Waals surface area contributed by atoms with Crippen molar-refractivity contribution in [2.24, 2.45) is 5.14 Å². The lowest BCUT2D eigenvalue weighted by Crippen LogP contribution is -2.30. The molecule has 1 aliphatic rings. The average molecular weight is 385 g/mol. The van der Waals surface area contributed by atoms with Crippen LogP contribution in [0.3, 0.4) is 0 Å². The largest absolute Gasteiger partial charge is 0.241 e. The van der Waals surface area contributed by atoms with Gasteiger partial charge in [0.25, 0.3) is 0 Å². The maximum absolute atomic E-state index is 12.6. The van der Waals surface area contributed by atoms with E-state index in [-0.39, 0.29) is 15.8 Å². The molecule has 0 aromatic heterocycles. The number of hydrogen-bond donors (Lipinski definition) is 2. The van der Waals surface area contributed by atoms with Crippen molar-refractivity contribution >= 4 is 31.8 Å². The van der Waals surface area contributed by atoms with Gasteiger partial charge in [0.1, 0.15) is 0 Å². The molecule has 6 nitrogen and oxygen atoms in total. The Hall–Kier alpha value is -1.39. The molecule has 0 unspecified atom stereocenters. The maximum Gasteiger partial charge on any atom is 0.241 e. The monoisotopic (exact) mass is 384 g/mol. The van der Waals surface area contributed by atoms with Crippen molar-refractivity contribution in [2.75, 3.05) is 5.75 Å². The Bertz CT molecular complexity index is 954. The highest BCUT2D eigenvalue weighted by atomic mass is 32.2. The van der Waals surface area contributed by atoms with E-state index in [1.807, 2.05) is 24.3 Å². The van der Waals surface area contributed by atoms with Gasteiger partial charge in [-0.3, -0.25) is 0 Å². The summed E-state index contributed by atoms with van der Waals surface area (Å²) in [7, 11) is -7.61. The van der Waals surface area contributed by atoms with E-state index in [4.69, 9.17) is 5.14 Å². The van der Waals surface area contributed by atoms with Crippen LogP contribution in [0.2, 0.25) is 0 Å². The minimum atomic E-state index is -3.85. The first-order chi connectivity index (χ1) is 11.3. The smallest absolute Gasteiger partial charge is 0.225 e. The summed E-state index contributed by atoms with van der Waals surface area (Å²) in [5, 5.41) is 5.02. The molecule has 0 radical (unpaired) electrons. The molecule has 0 amide bonds. The number of hydrogen-bond acceptors (Lipinski definition) is 5. The molecule has 128 valence electrons. The van der Waals surface area contributed by atoms with E-state index in [0.29, 0.717) is 6.42 Å². The molecule has 2 aromatic rings. The summed E-state index contributed by atoms with van der Waals surface area (Å²) < 4.78 is 50.4. The molecule has 0 bridgehead atoms. The number of nitrogens with two attached hydrogens (primary N) is 1. The van der Waals surface area contributed by atoms with Crippen LogP contribution in [-0.2, 0) is 20.0 Å². The predicted molar refractivity (Wildman–Crippen MR) is 92.7 cm³/mol. The second-order valence-corrected chi connectivity index (χ2v) is 9.78. The third kappa shape index (κ3) is 3.65. The Morgan fingerprint density at radius 2 is 1.58 bits per heavy atom. The second-order valence-electron chi connectivity index (χ2n) is 5.37. The van der Waals surface area contributed by atoms with Crippen molar-refractivity contribution in [1.82, 2.24) is 4.72 Å². The molecule has 0 spiro atoms. The highest BCUT2D eigenvalue weighted by Gasteiger charge is 2.26. The average Bonchev–Trinajstić information content (AvgIpc) is 2.54. The fraction of sp³-hybridized carbons (Fsp3) is 0.200. The van der Waals surface area contributed by atoms with Crippen LogP contribution < -0.4 is 9.86 Å². The molecular formula is C15H16N2O4S3.